The highest BCUT2D eigenvalue weighted by Gasteiger charge is 2.41. The van der Waals surface area contributed by atoms with Gasteiger partial charge >= 0.3 is 18.3 Å². The van der Waals surface area contributed by atoms with Crippen LogP contribution in [0.5, 0.6) is 0 Å². The van der Waals surface area contributed by atoms with Gasteiger partial charge in [-0.2, -0.15) is 8.78 Å². The molecule has 1 aromatic heterocycles. The Morgan fingerprint density at radius 3 is 2.68 bits per heavy atom. The summed E-state index contributed by atoms with van der Waals surface area (Å²) in [4.78, 5) is 10.8. The summed E-state index contributed by atoms with van der Waals surface area (Å²) in [6.07, 6.45) is -3.84. The molecule has 0 bridgehead atoms. The van der Waals surface area contributed by atoms with E-state index in [2.05, 4.69) is 10.3 Å². The normalized spacial score (nSPS) is 12.3. The van der Waals surface area contributed by atoms with E-state index in [9.17, 15) is 22.4 Å². The Bertz CT molecular complexity index is 626. The molecule has 0 unspecified atom stereocenters. The molecule has 0 atom stereocenters. The van der Waals surface area contributed by atoms with Crippen LogP contribution in [0.1, 0.15) is 10.4 Å². The number of aromatic nitrogens is 3. The van der Waals surface area contributed by atoms with Crippen LogP contribution in [0.4, 0.5) is 17.6 Å². The Morgan fingerprint density at radius 1 is 1.42 bits per heavy atom. The average Bonchev–Trinajstić information content (AvgIpc) is 2.71. The minimum absolute atomic E-state index is 0.0415. The van der Waals surface area contributed by atoms with Crippen molar-refractivity contribution in [2.45, 2.75) is 18.9 Å². The van der Waals surface area contributed by atoms with E-state index in [-0.39, 0.29) is 16.6 Å². The van der Waals surface area contributed by atoms with Gasteiger partial charge in [0.1, 0.15) is 12.1 Å². The number of carbonyl (C=O) groups is 1. The molecule has 102 valence electrons. The van der Waals surface area contributed by atoms with Gasteiger partial charge in [-0.05, 0) is 18.2 Å². The van der Waals surface area contributed by atoms with Gasteiger partial charge in [-0.25, -0.2) is 18.3 Å². The van der Waals surface area contributed by atoms with Crippen molar-refractivity contribution in [2.75, 3.05) is 0 Å². The van der Waals surface area contributed by atoms with Gasteiger partial charge in [0, 0.05) is 0 Å². The van der Waals surface area contributed by atoms with Crippen LogP contribution in [0.3, 0.4) is 0 Å². The summed E-state index contributed by atoms with van der Waals surface area (Å²) in [5, 5.41) is 15.6. The van der Waals surface area contributed by atoms with E-state index in [1.807, 2.05) is 0 Å². The number of benzene rings is 1. The third-order valence-corrected chi connectivity index (χ3v) is 2.44. The second-order valence-corrected chi connectivity index (χ2v) is 3.82. The SMILES string of the molecule is O=C(O)c1ccc2nnn(CC(F)(F)C(F)F)c2c1. The van der Waals surface area contributed by atoms with Gasteiger partial charge in [0.05, 0.1) is 11.1 Å². The predicted octanol–water partition coefficient (Wildman–Crippen LogP) is 2.03. The first-order valence-corrected chi connectivity index (χ1v) is 5.04. The lowest BCUT2D eigenvalue weighted by Crippen LogP contribution is -2.32. The molecule has 2 aromatic rings. The lowest BCUT2D eigenvalue weighted by atomic mass is 10.2. The van der Waals surface area contributed by atoms with Crippen molar-refractivity contribution in [3.63, 3.8) is 0 Å². The van der Waals surface area contributed by atoms with Gasteiger partial charge in [-0.15, -0.1) is 5.10 Å². The molecule has 0 fully saturated rings. The molecule has 9 heteroatoms. The Labute approximate surface area is 103 Å². The number of carboxylic acid groups (broad SMARTS) is 1. The summed E-state index contributed by atoms with van der Waals surface area (Å²) in [5.41, 5.74) is -0.0632. The number of rotatable bonds is 4. The summed E-state index contributed by atoms with van der Waals surface area (Å²) < 4.78 is 50.7. The van der Waals surface area contributed by atoms with Crippen molar-refractivity contribution in [1.29, 1.82) is 0 Å². The number of hydrogen-bond acceptors (Lipinski definition) is 3. The molecule has 0 saturated carbocycles. The Hall–Kier alpha value is -2.19. The van der Waals surface area contributed by atoms with Crippen LogP contribution in [-0.2, 0) is 6.54 Å². The number of nitrogens with zero attached hydrogens (tertiary/aromatic N) is 3. The molecule has 0 saturated heterocycles. The smallest absolute Gasteiger partial charge is 0.335 e. The Balaban J connectivity index is 2.44. The third kappa shape index (κ3) is 2.49. The number of alkyl halides is 4. The molecule has 0 aliphatic carbocycles. The monoisotopic (exact) mass is 277 g/mol. The Morgan fingerprint density at radius 2 is 2.11 bits per heavy atom. The predicted molar refractivity (Wildman–Crippen MR) is 55.4 cm³/mol. The topological polar surface area (TPSA) is 68.0 Å². The lowest BCUT2D eigenvalue weighted by molar-refractivity contribution is -0.138. The second-order valence-electron chi connectivity index (χ2n) is 3.82. The van der Waals surface area contributed by atoms with Gasteiger partial charge in [0.15, 0.2) is 0 Å². The first-order chi connectivity index (χ1) is 8.81. The number of fused-ring (bicyclic) bond motifs is 1. The van der Waals surface area contributed by atoms with Gasteiger partial charge in [-0.3, -0.25) is 0 Å². The highest BCUT2D eigenvalue weighted by atomic mass is 19.3. The Kier molecular flexibility index (Phi) is 3.13. The number of aromatic carboxylic acids is 1. The highest BCUT2D eigenvalue weighted by molar-refractivity contribution is 5.92. The number of carboxylic acids is 1. The zero-order valence-corrected chi connectivity index (χ0v) is 9.23. The number of halogens is 4. The minimum Gasteiger partial charge on any atom is -0.478 e. The van der Waals surface area contributed by atoms with Crippen LogP contribution in [0.15, 0.2) is 18.2 Å². The zero-order valence-electron chi connectivity index (χ0n) is 9.23. The maximum absolute atomic E-state index is 12.9. The van der Waals surface area contributed by atoms with Gasteiger partial charge < -0.3 is 5.11 Å². The maximum atomic E-state index is 12.9. The first kappa shape index (κ1) is 13.2. The van der Waals surface area contributed by atoms with Crippen molar-refractivity contribution in [3.8, 4) is 0 Å². The summed E-state index contributed by atoms with van der Waals surface area (Å²) in [6, 6.07) is 3.54. The van der Waals surface area contributed by atoms with Gasteiger partial charge in [0.2, 0.25) is 0 Å². The zero-order chi connectivity index (χ0) is 14.2. The summed E-state index contributed by atoms with van der Waals surface area (Å²) in [7, 11) is 0. The highest BCUT2D eigenvalue weighted by Crippen LogP contribution is 2.26. The van der Waals surface area contributed by atoms with Crippen molar-refractivity contribution >= 4 is 17.0 Å². The van der Waals surface area contributed by atoms with E-state index >= 15 is 0 Å². The van der Waals surface area contributed by atoms with Crippen LogP contribution >= 0.6 is 0 Å². The molecule has 1 heterocycles. The summed E-state index contributed by atoms with van der Waals surface area (Å²) in [5.74, 6) is -5.53. The van der Waals surface area contributed by atoms with Crippen molar-refractivity contribution in [2.24, 2.45) is 0 Å². The van der Waals surface area contributed by atoms with Crippen LogP contribution in [0, 0.1) is 0 Å². The molecule has 0 aliphatic heterocycles. The van der Waals surface area contributed by atoms with Crippen LogP contribution in [-0.4, -0.2) is 38.4 Å². The van der Waals surface area contributed by atoms with E-state index in [1.165, 1.54) is 12.1 Å². The van der Waals surface area contributed by atoms with Gasteiger partial charge in [-0.1, -0.05) is 5.21 Å². The minimum atomic E-state index is -4.26. The summed E-state index contributed by atoms with van der Waals surface area (Å²) >= 11 is 0. The molecule has 0 aliphatic rings. The lowest BCUT2D eigenvalue weighted by Gasteiger charge is -2.14. The molecule has 19 heavy (non-hydrogen) atoms. The first-order valence-electron chi connectivity index (χ1n) is 5.04. The standard InChI is InChI=1S/C10H7F4N3O2/c11-9(12)10(13,14)4-17-7-3-5(8(18)19)1-2-6(7)15-16-17/h1-3,9H,4H2,(H,18,19). The molecule has 0 spiro atoms. The molecule has 0 radical (unpaired) electrons. The molecular formula is C10H7F4N3O2. The van der Waals surface area contributed by atoms with E-state index in [1.54, 1.807) is 0 Å². The third-order valence-electron chi connectivity index (χ3n) is 2.44. The van der Waals surface area contributed by atoms with E-state index in [0.717, 1.165) is 6.07 Å². The number of hydrogen-bond donors (Lipinski definition) is 1. The quantitative estimate of drug-likeness (QED) is 0.868. The fourth-order valence-electron chi connectivity index (χ4n) is 1.48. The fraction of sp³-hybridized carbons (Fsp3) is 0.300. The molecule has 2 rings (SSSR count). The molecule has 0 amide bonds. The maximum Gasteiger partial charge on any atom is 0.335 e. The molecule has 1 N–H and O–H groups in total. The average molecular weight is 277 g/mol. The van der Waals surface area contributed by atoms with Crippen molar-refractivity contribution < 1.29 is 27.5 Å². The van der Waals surface area contributed by atoms with Crippen LogP contribution in [0.2, 0.25) is 0 Å². The van der Waals surface area contributed by atoms with Crippen molar-refractivity contribution in [1.82, 2.24) is 15.0 Å². The largest absolute Gasteiger partial charge is 0.478 e. The van der Waals surface area contributed by atoms with E-state index < -0.39 is 24.9 Å². The van der Waals surface area contributed by atoms with Crippen LogP contribution < -0.4 is 0 Å². The summed E-state index contributed by atoms with van der Waals surface area (Å²) in [6.45, 7) is -1.37. The molecular weight excluding hydrogens is 270 g/mol. The van der Waals surface area contributed by atoms with Crippen molar-refractivity contribution in [3.05, 3.63) is 23.8 Å². The molecule has 1 aromatic carbocycles. The van der Waals surface area contributed by atoms with Gasteiger partial charge in [0.25, 0.3) is 0 Å². The van der Waals surface area contributed by atoms with E-state index in [0.29, 0.717) is 4.68 Å². The fourth-order valence-corrected chi connectivity index (χ4v) is 1.48. The second kappa shape index (κ2) is 4.48. The van der Waals surface area contributed by atoms with Crippen LogP contribution in [0.25, 0.3) is 11.0 Å². The molecule has 5 nitrogen and oxygen atoms in total. The van der Waals surface area contributed by atoms with E-state index in [4.69, 9.17) is 5.11 Å².